The summed E-state index contributed by atoms with van der Waals surface area (Å²) in [5.74, 6) is 0.302. The van der Waals surface area contributed by atoms with Crippen molar-refractivity contribution in [2.24, 2.45) is 0 Å². The maximum atomic E-state index is 11.5. The second-order valence-electron chi connectivity index (χ2n) is 4.46. The molecular formula is C12H24N2OS. The molecule has 1 N–H and O–H groups in total. The highest BCUT2D eigenvalue weighted by Crippen LogP contribution is 2.12. The number of thioether (sulfide) groups is 1. The predicted octanol–water partition coefficient (Wildman–Crippen LogP) is 1.73. The number of piperidine rings is 1. The van der Waals surface area contributed by atoms with Gasteiger partial charge in [-0.25, -0.2) is 0 Å². The Hall–Kier alpha value is -0.220. The van der Waals surface area contributed by atoms with Gasteiger partial charge in [-0.2, -0.15) is 11.8 Å². The minimum absolute atomic E-state index is 0.302. The second kappa shape index (κ2) is 7.17. The molecule has 16 heavy (non-hydrogen) atoms. The standard InChI is InChI=1S/C12H24N2OS/c1-4-12(15)14-7-5-11(6-8-14)13-9-10(2)16-3/h10-11,13H,4-9H2,1-3H3. The average Bonchev–Trinajstić information content (AvgIpc) is 2.35. The van der Waals surface area contributed by atoms with Crippen LogP contribution in [-0.4, -0.2) is 48.0 Å². The van der Waals surface area contributed by atoms with Crippen LogP contribution in [0.15, 0.2) is 0 Å². The molecule has 1 aliphatic heterocycles. The average molecular weight is 244 g/mol. The van der Waals surface area contributed by atoms with Crippen LogP contribution in [0.5, 0.6) is 0 Å². The Labute approximate surface area is 103 Å². The number of nitrogens with zero attached hydrogens (tertiary/aromatic N) is 1. The van der Waals surface area contributed by atoms with E-state index in [2.05, 4.69) is 18.5 Å². The van der Waals surface area contributed by atoms with Crippen molar-refractivity contribution in [1.29, 1.82) is 0 Å². The van der Waals surface area contributed by atoms with Crippen LogP contribution in [0.25, 0.3) is 0 Å². The van der Waals surface area contributed by atoms with Gasteiger partial charge in [-0.1, -0.05) is 13.8 Å². The third-order valence-corrected chi connectivity index (χ3v) is 4.22. The SMILES string of the molecule is CCC(=O)N1CCC(NCC(C)SC)CC1. The van der Waals surface area contributed by atoms with Gasteiger partial charge in [0.25, 0.3) is 0 Å². The molecule has 1 fully saturated rings. The quantitative estimate of drug-likeness (QED) is 0.799. The number of carbonyl (C=O) groups is 1. The zero-order chi connectivity index (χ0) is 12.0. The molecule has 1 heterocycles. The van der Waals surface area contributed by atoms with Crippen LogP contribution in [0, 0.1) is 0 Å². The summed E-state index contributed by atoms with van der Waals surface area (Å²) in [6, 6.07) is 0.607. The van der Waals surface area contributed by atoms with Crippen LogP contribution in [-0.2, 0) is 4.79 Å². The minimum Gasteiger partial charge on any atom is -0.343 e. The summed E-state index contributed by atoms with van der Waals surface area (Å²) in [6.45, 7) is 7.11. The number of likely N-dealkylation sites (tertiary alicyclic amines) is 1. The molecule has 0 aromatic carbocycles. The van der Waals surface area contributed by atoms with Crippen LogP contribution in [0.3, 0.4) is 0 Å². The van der Waals surface area contributed by atoms with Crippen LogP contribution < -0.4 is 5.32 Å². The van der Waals surface area contributed by atoms with Crippen molar-refractivity contribution >= 4 is 17.7 Å². The van der Waals surface area contributed by atoms with E-state index in [4.69, 9.17) is 0 Å². The molecule has 3 nitrogen and oxygen atoms in total. The lowest BCUT2D eigenvalue weighted by molar-refractivity contribution is -0.131. The summed E-state index contributed by atoms with van der Waals surface area (Å²) in [4.78, 5) is 13.5. The Kier molecular flexibility index (Phi) is 6.21. The molecule has 1 unspecified atom stereocenters. The fourth-order valence-corrected chi connectivity index (χ4v) is 2.24. The first kappa shape index (κ1) is 13.8. The number of carbonyl (C=O) groups excluding carboxylic acids is 1. The number of hydrogen-bond donors (Lipinski definition) is 1. The molecule has 0 aliphatic carbocycles. The molecule has 0 radical (unpaired) electrons. The summed E-state index contributed by atoms with van der Waals surface area (Å²) in [6.07, 6.45) is 5.00. The van der Waals surface area contributed by atoms with Gasteiger partial charge < -0.3 is 10.2 Å². The highest BCUT2D eigenvalue weighted by molar-refractivity contribution is 7.99. The lowest BCUT2D eigenvalue weighted by Crippen LogP contribution is -2.45. The summed E-state index contributed by atoms with van der Waals surface area (Å²) in [5, 5.41) is 4.27. The van der Waals surface area contributed by atoms with E-state index in [1.54, 1.807) is 0 Å². The largest absolute Gasteiger partial charge is 0.343 e. The molecule has 1 rings (SSSR count). The third kappa shape index (κ3) is 4.34. The van der Waals surface area contributed by atoms with Crippen molar-refractivity contribution in [2.75, 3.05) is 25.9 Å². The number of amides is 1. The van der Waals surface area contributed by atoms with Crippen molar-refractivity contribution in [3.8, 4) is 0 Å². The van der Waals surface area contributed by atoms with Gasteiger partial charge >= 0.3 is 0 Å². The highest BCUT2D eigenvalue weighted by Gasteiger charge is 2.21. The van der Waals surface area contributed by atoms with Crippen molar-refractivity contribution in [1.82, 2.24) is 10.2 Å². The Balaban J connectivity index is 2.19. The zero-order valence-corrected chi connectivity index (χ0v) is 11.5. The first-order valence-corrected chi connectivity index (χ1v) is 7.50. The number of nitrogens with one attached hydrogen (secondary N) is 1. The highest BCUT2D eigenvalue weighted by atomic mass is 32.2. The Bertz CT molecular complexity index is 215. The van der Waals surface area contributed by atoms with Crippen molar-refractivity contribution in [2.45, 2.75) is 44.4 Å². The summed E-state index contributed by atoms with van der Waals surface area (Å²) < 4.78 is 0. The van der Waals surface area contributed by atoms with E-state index in [9.17, 15) is 4.79 Å². The molecule has 1 aliphatic rings. The van der Waals surface area contributed by atoms with E-state index in [0.29, 0.717) is 23.6 Å². The number of rotatable bonds is 5. The summed E-state index contributed by atoms with van der Waals surface area (Å²) >= 11 is 1.90. The maximum absolute atomic E-state index is 11.5. The van der Waals surface area contributed by atoms with E-state index >= 15 is 0 Å². The van der Waals surface area contributed by atoms with Gasteiger partial charge in [0, 0.05) is 37.3 Å². The Morgan fingerprint density at radius 1 is 1.50 bits per heavy atom. The molecule has 0 spiro atoms. The van der Waals surface area contributed by atoms with Crippen molar-refractivity contribution in [3.05, 3.63) is 0 Å². The van der Waals surface area contributed by atoms with E-state index in [1.165, 1.54) is 0 Å². The number of hydrogen-bond acceptors (Lipinski definition) is 3. The van der Waals surface area contributed by atoms with Crippen molar-refractivity contribution < 1.29 is 4.79 Å². The molecular weight excluding hydrogens is 220 g/mol. The molecule has 4 heteroatoms. The van der Waals surface area contributed by atoms with Crippen LogP contribution in [0.2, 0.25) is 0 Å². The first-order chi connectivity index (χ1) is 7.67. The van der Waals surface area contributed by atoms with Gasteiger partial charge in [-0.3, -0.25) is 4.79 Å². The van der Waals surface area contributed by atoms with Crippen LogP contribution in [0.4, 0.5) is 0 Å². The van der Waals surface area contributed by atoms with Gasteiger partial charge in [0.05, 0.1) is 0 Å². The van der Waals surface area contributed by atoms with Gasteiger partial charge in [0.1, 0.15) is 0 Å². The fourth-order valence-electron chi connectivity index (χ4n) is 1.97. The predicted molar refractivity (Wildman–Crippen MR) is 70.9 cm³/mol. The Morgan fingerprint density at radius 3 is 2.62 bits per heavy atom. The topological polar surface area (TPSA) is 32.3 Å². The molecule has 0 bridgehead atoms. The van der Waals surface area contributed by atoms with Crippen molar-refractivity contribution in [3.63, 3.8) is 0 Å². The second-order valence-corrected chi connectivity index (χ2v) is 5.74. The van der Waals surface area contributed by atoms with Gasteiger partial charge in [-0.15, -0.1) is 0 Å². The summed E-state index contributed by atoms with van der Waals surface area (Å²) in [7, 11) is 0. The van der Waals surface area contributed by atoms with Gasteiger partial charge in [0.2, 0.25) is 5.91 Å². The van der Waals surface area contributed by atoms with Crippen LogP contribution in [0.1, 0.15) is 33.1 Å². The molecule has 1 atom stereocenters. The maximum Gasteiger partial charge on any atom is 0.222 e. The molecule has 0 aromatic rings. The molecule has 0 saturated carbocycles. The van der Waals surface area contributed by atoms with Gasteiger partial charge in [-0.05, 0) is 19.1 Å². The Morgan fingerprint density at radius 2 is 2.12 bits per heavy atom. The van der Waals surface area contributed by atoms with E-state index in [-0.39, 0.29) is 0 Å². The van der Waals surface area contributed by atoms with Crippen LogP contribution >= 0.6 is 11.8 Å². The zero-order valence-electron chi connectivity index (χ0n) is 10.7. The van der Waals surface area contributed by atoms with E-state index in [1.807, 2.05) is 23.6 Å². The fraction of sp³-hybridized carbons (Fsp3) is 0.917. The molecule has 1 amide bonds. The van der Waals surface area contributed by atoms with Gasteiger partial charge in [0.15, 0.2) is 0 Å². The van der Waals surface area contributed by atoms with E-state index in [0.717, 1.165) is 32.5 Å². The normalized spacial score (nSPS) is 19.8. The molecule has 94 valence electrons. The minimum atomic E-state index is 0.302. The lowest BCUT2D eigenvalue weighted by atomic mass is 10.0. The monoisotopic (exact) mass is 244 g/mol. The van der Waals surface area contributed by atoms with E-state index < -0.39 is 0 Å². The first-order valence-electron chi connectivity index (χ1n) is 6.21. The molecule has 1 saturated heterocycles. The molecule has 0 aromatic heterocycles. The lowest BCUT2D eigenvalue weighted by Gasteiger charge is -2.32. The smallest absolute Gasteiger partial charge is 0.222 e. The summed E-state index contributed by atoms with van der Waals surface area (Å²) in [5.41, 5.74) is 0. The third-order valence-electron chi connectivity index (χ3n) is 3.25.